The lowest BCUT2D eigenvalue weighted by Gasteiger charge is -2.28. The van der Waals surface area contributed by atoms with Gasteiger partial charge in [-0.1, -0.05) is 5.21 Å². The number of nitrogens with zero attached hydrogens (tertiary/aromatic N) is 4. The van der Waals surface area contributed by atoms with Crippen LogP contribution in [-0.4, -0.2) is 55.8 Å². The highest BCUT2D eigenvalue weighted by Gasteiger charge is 2.31. The van der Waals surface area contributed by atoms with Crippen LogP contribution in [0.4, 0.5) is 4.79 Å². The van der Waals surface area contributed by atoms with E-state index in [4.69, 9.17) is 4.74 Å². The summed E-state index contributed by atoms with van der Waals surface area (Å²) in [6, 6.07) is -1.08. The van der Waals surface area contributed by atoms with Crippen molar-refractivity contribution < 1.29 is 19.4 Å². The maximum Gasteiger partial charge on any atom is 0.410 e. The van der Waals surface area contributed by atoms with Crippen molar-refractivity contribution in [2.45, 2.75) is 52.8 Å². The molecule has 1 aromatic rings. The summed E-state index contributed by atoms with van der Waals surface area (Å²) in [6.07, 6.45) is -0.690. The van der Waals surface area contributed by atoms with E-state index in [-0.39, 0.29) is 6.54 Å². The number of hydrogen-bond acceptors (Lipinski definition) is 5. The number of carboxylic acids is 1. The van der Waals surface area contributed by atoms with Crippen LogP contribution < -0.4 is 0 Å². The summed E-state index contributed by atoms with van der Waals surface area (Å²) in [4.78, 5) is 24.5. The van der Waals surface area contributed by atoms with Crippen molar-refractivity contribution in [2.24, 2.45) is 0 Å². The van der Waals surface area contributed by atoms with E-state index in [0.717, 1.165) is 16.3 Å². The molecule has 0 saturated carbocycles. The summed E-state index contributed by atoms with van der Waals surface area (Å²) in [5, 5.41) is 17.1. The Hall–Kier alpha value is -2.12. The Morgan fingerprint density at radius 2 is 1.95 bits per heavy atom. The molecular formula is C13H22N4O4. The first-order valence-corrected chi connectivity index (χ1v) is 6.58. The van der Waals surface area contributed by atoms with E-state index in [2.05, 4.69) is 10.3 Å². The van der Waals surface area contributed by atoms with Crippen molar-refractivity contribution >= 4 is 12.1 Å². The Balaban J connectivity index is 2.89. The minimum Gasteiger partial charge on any atom is -0.480 e. The molecule has 0 fully saturated rings. The average molecular weight is 298 g/mol. The maximum absolute atomic E-state index is 12.0. The number of likely N-dealkylation sites (N-methyl/N-ethyl adjacent to an activating group) is 1. The van der Waals surface area contributed by atoms with Gasteiger partial charge in [0, 0.05) is 7.05 Å². The van der Waals surface area contributed by atoms with E-state index >= 15 is 0 Å². The minimum atomic E-state index is -1.13. The van der Waals surface area contributed by atoms with Gasteiger partial charge >= 0.3 is 12.1 Å². The number of aromatic nitrogens is 3. The highest BCUT2D eigenvalue weighted by atomic mass is 16.6. The van der Waals surface area contributed by atoms with Gasteiger partial charge in [-0.3, -0.25) is 4.90 Å². The molecule has 8 nitrogen and oxygen atoms in total. The lowest BCUT2D eigenvalue weighted by atomic mass is 10.2. The van der Waals surface area contributed by atoms with Crippen molar-refractivity contribution in [3.05, 3.63) is 11.4 Å². The number of carboxylic acid groups (broad SMARTS) is 1. The third-order valence-electron chi connectivity index (χ3n) is 2.99. The maximum atomic E-state index is 12.0. The van der Waals surface area contributed by atoms with Gasteiger partial charge in [-0.25, -0.2) is 14.3 Å². The fourth-order valence-electron chi connectivity index (χ4n) is 1.61. The number of rotatable bonds is 4. The summed E-state index contributed by atoms with van der Waals surface area (Å²) in [7, 11) is 1.39. The molecule has 1 atom stereocenters. The Morgan fingerprint density at radius 1 is 1.38 bits per heavy atom. The van der Waals surface area contributed by atoms with Gasteiger partial charge in [-0.05, 0) is 34.6 Å². The van der Waals surface area contributed by atoms with Crippen LogP contribution in [0.15, 0.2) is 0 Å². The standard InChI is InChI=1S/C13H22N4O4/c1-8-9(2)17(15-14-8)7-10(11(18)19)16(6)12(20)21-13(3,4)5/h10H,7H2,1-6H3,(H,18,19)/t10-/m1/s1. The number of amides is 1. The van der Waals surface area contributed by atoms with Gasteiger partial charge in [0.15, 0.2) is 6.04 Å². The highest BCUT2D eigenvalue weighted by Crippen LogP contribution is 2.12. The normalized spacial score (nSPS) is 12.9. The zero-order valence-corrected chi connectivity index (χ0v) is 13.2. The van der Waals surface area contributed by atoms with Gasteiger partial charge in [0.1, 0.15) is 5.60 Å². The van der Waals surface area contributed by atoms with E-state index < -0.39 is 23.7 Å². The fourth-order valence-corrected chi connectivity index (χ4v) is 1.61. The molecule has 21 heavy (non-hydrogen) atoms. The first kappa shape index (κ1) is 16.9. The van der Waals surface area contributed by atoms with Crippen LogP contribution in [0, 0.1) is 13.8 Å². The van der Waals surface area contributed by atoms with Gasteiger partial charge in [-0.15, -0.1) is 5.10 Å². The zero-order valence-electron chi connectivity index (χ0n) is 13.2. The quantitative estimate of drug-likeness (QED) is 0.897. The monoisotopic (exact) mass is 298 g/mol. The lowest BCUT2D eigenvalue weighted by molar-refractivity contribution is -0.143. The van der Waals surface area contributed by atoms with Crippen LogP contribution in [0.3, 0.4) is 0 Å². The number of carbonyl (C=O) groups excluding carboxylic acids is 1. The van der Waals surface area contributed by atoms with Crippen LogP contribution in [0.5, 0.6) is 0 Å². The molecule has 8 heteroatoms. The molecule has 0 spiro atoms. The summed E-state index contributed by atoms with van der Waals surface area (Å²) < 4.78 is 6.65. The molecule has 0 bridgehead atoms. The molecule has 0 saturated heterocycles. The molecule has 1 N–H and O–H groups in total. The Kier molecular flexibility index (Phi) is 4.93. The molecule has 1 rings (SSSR count). The largest absolute Gasteiger partial charge is 0.480 e. The van der Waals surface area contributed by atoms with E-state index in [1.165, 1.54) is 11.7 Å². The molecule has 0 aliphatic heterocycles. The fraction of sp³-hybridized carbons (Fsp3) is 0.692. The number of ether oxygens (including phenoxy) is 1. The van der Waals surface area contributed by atoms with Crippen LogP contribution in [0.2, 0.25) is 0 Å². The van der Waals surface area contributed by atoms with E-state index in [1.54, 1.807) is 34.6 Å². The van der Waals surface area contributed by atoms with E-state index in [0.29, 0.717) is 0 Å². The average Bonchev–Trinajstić information content (AvgIpc) is 2.64. The molecule has 1 heterocycles. The minimum absolute atomic E-state index is 0.0117. The van der Waals surface area contributed by atoms with Crippen LogP contribution >= 0.6 is 0 Å². The van der Waals surface area contributed by atoms with Crippen LogP contribution in [0.1, 0.15) is 32.2 Å². The van der Waals surface area contributed by atoms with Crippen LogP contribution in [-0.2, 0) is 16.1 Å². The first-order chi connectivity index (χ1) is 9.53. The molecule has 0 unspecified atom stereocenters. The second-order valence-electron chi connectivity index (χ2n) is 5.89. The SMILES string of the molecule is Cc1nnn(C[C@H](C(=O)O)N(C)C(=O)OC(C)(C)C)c1C. The second kappa shape index (κ2) is 6.11. The number of carbonyl (C=O) groups is 2. The van der Waals surface area contributed by atoms with E-state index in [9.17, 15) is 14.7 Å². The van der Waals surface area contributed by atoms with Gasteiger partial charge < -0.3 is 9.84 Å². The second-order valence-corrected chi connectivity index (χ2v) is 5.89. The molecule has 1 amide bonds. The van der Waals surface area contributed by atoms with Crippen molar-refractivity contribution in [2.75, 3.05) is 7.05 Å². The summed E-state index contributed by atoms with van der Waals surface area (Å²) >= 11 is 0. The number of aryl methyl sites for hydroxylation is 1. The Bertz CT molecular complexity index is 533. The predicted octanol–water partition coefficient (Wildman–Crippen LogP) is 1.22. The highest BCUT2D eigenvalue weighted by molar-refractivity contribution is 5.79. The smallest absolute Gasteiger partial charge is 0.410 e. The Labute approximate surface area is 123 Å². The molecular weight excluding hydrogens is 276 g/mol. The Morgan fingerprint density at radius 3 is 2.33 bits per heavy atom. The molecule has 0 aliphatic rings. The van der Waals surface area contributed by atoms with Crippen molar-refractivity contribution in [3.8, 4) is 0 Å². The van der Waals surface area contributed by atoms with Crippen molar-refractivity contribution in [1.82, 2.24) is 19.9 Å². The predicted molar refractivity (Wildman–Crippen MR) is 74.9 cm³/mol. The molecule has 1 aromatic heterocycles. The zero-order chi connectivity index (χ0) is 16.4. The molecule has 0 radical (unpaired) electrons. The summed E-state index contributed by atoms with van der Waals surface area (Å²) in [6.45, 7) is 8.75. The van der Waals surface area contributed by atoms with Gasteiger partial charge in [0.25, 0.3) is 0 Å². The first-order valence-electron chi connectivity index (χ1n) is 6.58. The van der Waals surface area contributed by atoms with Crippen molar-refractivity contribution in [1.29, 1.82) is 0 Å². The van der Waals surface area contributed by atoms with Gasteiger partial charge in [0.2, 0.25) is 0 Å². The van der Waals surface area contributed by atoms with E-state index in [1.807, 2.05) is 0 Å². The topological polar surface area (TPSA) is 97.5 Å². The number of aliphatic carboxylic acids is 1. The third-order valence-corrected chi connectivity index (χ3v) is 2.99. The molecule has 0 aromatic carbocycles. The molecule has 0 aliphatic carbocycles. The van der Waals surface area contributed by atoms with Gasteiger partial charge in [-0.2, -0.15) is 0 Å². The lowest BCUT2D eigenvalue weighted by Crippen LogP contribution is -2.47. The number of hydrogen-bond donors (Lipinski definition) is 1. The van der Waals surface area contributed by atoms with Gasteiger partial charge in [0.05, 0.1) is 17.9 Å². The third kappa shape index (κ3) is 4.44. The summed E-state index contributed by atoms with van der Waals surface area (Å²) in [5.74, 6) is -1.13. The summed E-state index contributed by atoms with van der Waals surface area (Å²) in [5.41, 5.74) is 0.798. The van der Waals surface area contributed by atoms with Crippen LogP contribution in [0.25, 0.3) is 0 Å². The molecule has 118 valence electrons. The van der Waals surface area contributed by atoms with Crippen molar-refractivity contribution in [3.63, 3.8) is 0 Å².